The highest BCUT2D eigenvalue weighted by Crippen LogP contribution is 2.38. The summed E-state index contributed by atoms with van der Waals surface area (Å²) >= 11 is 2.91. The Morgan fingerprint density at radius 2 is 1.94 bits per heavy atom. The van der Waals surface area contributed by atoms with Crippen LogP contribution in [0.2, 0.25) is 0 Å². The standard InChI is InChI=1S/C20H26N5O5PS2/c1-32-11-9-29-31(30-10-12-33-19(27)15-5-3-2-4-6-15)14-28-8-7-25-13-22-16-17(25)23-20(21)24-18(16)26/h2-6,13H,7-12,14H2,1H3,(H3,21,23,24,26). The minimum atomic E-state index is -1.25. The zero-order chi connectivity index (χ0) is 23.5. The molecule has 0 fully saturated rings. The first-order valence-corrected chi connectivity index (χ1v) is 13.9. The lowest BCUT2D eigenvalue weighted by Crippen LogP contribution is -2.13. The van der Waals surface area contributed by atoms with E-state index >= 15 is 0 Å². The number of imidazole rings is 1. The predicted octanol–water partition coefficient (Wildman–Crippen LogP) is 2.96. The number of hydrogen-bond donors (Lipinski definition) is 2. The van der Waals surface area contributed by atoms with E-state index in [-0.39, 0.29) is 22.1 Å². The number of aromatic amines is 1. The summed E-state index contributed by atoms with van der Waals surface area (Å²) in [6.45, 7) is 1.75. The van der Waals surface area contributed by atoms with Gasteiger partial charge in [0.05, 0.1) is 26.1 Å². The fourth-order valence-corrected chi connectivity index (χ4v) is 4.95. The number of nitrogens with one attached hydrogen (secondary N) is 1. The molecule has 13 heteroatoms. The summed E-state index contributed by atoms with van der Waals surface area (Å²) in [5.74, 6) is 1.42. The summed E-state index contributed by atoms with van der Waals surface area (Å²) in [7, 11) is -1.25. The van der Waals surface area contributed by atoms with Gasteiger partial charge in [0.25, 0.3) is 5.56 Å². The first-order chi connectivity index (χ1) is 16.1. The Morgan fingerprint density at radius 3 is 2.70 bits per heavy atom. The zero-order valence-electron chi connectivity index (χ0n) is 18.1. The predicted molar refractivity (Wildman–Crippen MR) is 134 cm³/mol. The summed E-state index contributed by atoms with van der Waals surface area (Å²) in [4.78, 5) is 34.7. The van der Waals surface area contributed by atoms with Gasteiger partial charge in [-0.3, -0.25) is 14.6 Å². The summed E-state index contributed by atoms with van der Waals surface area (Å²) in [5, 5.41) is 0.0173. The lowest BCUT2D eigenvalue weighted by molar-refractivity contribution is 0.108. The van der Waals surface area contributed by atoms with E-state index in [1.165, 1.54) is 18.1 Å². The first kappa shape index (κ1) is 25.7. The second-order valence-electron chi connectivity index (χ2n) is 6.59. The van der Waals surface area contributed by atoms with E-state index in [1.807, 2.05) is 24.5 Å². The minimum Gasteiger partial charge on any atom is -0.370 e. The van der Waals surface area contributed by atoms with Crippen molar-refractivity contribution in [1.82, 2.24) is 19.5 Å². The van der Waals surface area contributed by atoms with E-state index in [2.05, 4.69) is 15.0 Å². The molecule has 3 aromatic rings. The molecule has 0 aliphatic rings. The van der Waals surface area contributed by atoms with Crippen molar-refractivity contribution in [1.29, 1.82) is 0 Å². The van der Waals surface area contributed by atoms with Gasteiger partial charge in [0.15, 0.2) is 19.5 Å². The highest BCUT2D eigenvalue weighted by Gasteiger charge is 2.14. The number of carbonyl (C=O) groups excluding carboxylic acids is 1. The fourth-order valence-electron chi connectivity index (χ4n) is 2.70. The number of anilines is 1. The lowest BCUT2D eigenvalue weighted by Gasteiger charge is -2.17. The number of H-pyrrole nitrogens is 1. The number of nitrogen functional groups attached to an aromatic ring is 1. The van der Waals surface area contributed by atoms with E-state index < -0.39 is 8.38 Å². The average Bonchev–Trinajstić information content (AvgIpc) is 3.22. The van der Waals surface area contributed by atoms with E-state index in [0.717, 1.165) is 5.75 Å². The summed E-state index contributed by atoms with van der Waals surface area (Å²) in [5.41, 5.74) is 6.57. The normalized spacial score (nSPS) is 12.3. The quantitative estimate of drug-likeness (QED) is 0.246. The number of hydrogen-bond acceptors (Lipinski definition) is 10. The number of carbonyl (C=O) groups is 1. The summed E-state index contributed by atoms with van der Waals surface area (Å²) < 4.78 is 19.2. The molecule has 2 heterocycles. The van der Waals surface area contributed by atoms with E-state index in [9.17, 15) is 9.59 Å². The number of aromatic nitrogens is 4. The molecular weight excluding hydrogens is 485 g/mol. The molecule has 0 saturated carbocycles. The molecule has 0 bridgehead atoms. The Labute approximate surface area is 200 Å². The summed E-state index contributed by atoms with van der Waals surface area (Å²) in [6.07, 6.45) is 3.84. The number of ether oxygens (including phenoxy) is 1. The first-order valence-electron chi connectivity index (χ1n) is 10.1. The number of nitrogens with two attached hydrogens (primary N) is 1. The van der Waals surface area contributed by atoms with E-state index in [1.54, 1.807) is 28.5 Å². The highest BCUT2D eigenvalue weighted by molar-refractivity contribution is 8.14. The molecule has 1 aromatic carbocycles. The fraction of sp³-hybridized carbons (Fsp3) is 0.400. The van der Waals surface area contributed by atoms with Crippen molar-refractivity contribution in [2.75, 3.05) is 49.7 Å². The maximum absolute atomic E-state index is 12.2. The monoisotopic (exact) mass is 511 g/mol. The molecule has 33 heavy (non-hydrogen) atoms. The summed E-state index contributed by atoms with van der Waals surface area (Å²) in [6, 6.07) is 9.16. The third kappa shape index (κ3) is 8.09. The van der Waals surface area contributed by atoms with Crippen LogP contribution in [0.4, 0.5) is 5.95 Å². The molecule has 3 rings (SSSR count). The van der Waals surface area contributed by atoms with Crippen LogP contribution in [0.3, 0.4) is 0 Å². The van der Waals surface area contributed by atoms with Crippen LogP contribution in [0.15, 0.2) is 41.5 Å². The maximum atomic E-state index is 12.2. The van der Waals surface area contributed by atoms with Gasteiger partial charge < -0.3 is 24.1 Å². The van der Waals surface area contributed by atoms with Gasteiger partial charge in [0, 0.05) is 23.6 Å². The smallest absolute Gasteiger partial charge is 0.280 e. The topological polar surface area (TPSA) is 134 Å². The van der Waals surface area contributed by atoms with Crippen LogP contribution in [0, 0.1) is 0 Å². The maximum Gasteiger partial charge on any atom is 0.280 e. The number of fused-ring (bicyclic) bond motifs is 1. The van der Waals surface area contributed by atoms with Crippen molar-refractivity contribution < 1.29 is 18.6 Å². The molecule has 0 radical (unpaired) electrons. The zero-order valence-corrected chi connectivity index (χ0v) is 20.7. The van der Waals surface area contributed by atoms with Crippen LogP contribution >= 0.6 is 31.9 Å². The largest absolute Gasteiger partial charge is 0.370 e. The molecule has 0 amide bonds. The van der Waals surface area contributed by atoms with Gasteiger partial charge in [-0.25, -0.2) is 4.98 Å². The van der Waals surface area contributed by atoms with Crippen LogP contribution in [0.25, 0.3) is 11.2 Å². The Kier molecular flexibility index (Phi) is 10.6. The van der Waals surface area contributed by atoms with E-state index in [0.29, 0.717) is 49.7 Å². The van der Waals surface area contributed by atoms with Gasteiger partial charge in [0.2, 0.25) is 11.1 Å². The highest BCUT2D eigenvalue weighted by atomic mass is 32.2. The third-order valence-corrected chi connectivity index (χ3v) is 7.03. The van der Waals surface area contributed by atoms with Gasteiger partial charge in [-0.1, -0.05) is 42.1 Å². The van der Waals surface area contributed by atoms with Gasteiger partial charge >= 0.3 is 0 Å². The lowest BCUT2D eigenvalue weighted by atomic mass is 10.2. The molecule has 0 spiro atoms. The Bertz CT molecular complexity index is 1080. The molecule has 178 valence electrons. The SMILES string of the molecule is CSCCOP(COCCn1cnc2c(=O)[nH]c(N)nc21)OCCSC(=O)c1ccccc1. The van der Waals surface area contributed by atoms with Crippen molar-refractivity contribution >= 4 is 54.1 Å². The third-order valence-electron chi connectivity index (χ3n) is 4.25. The second-order valence-corrected chi connectivity index (χ2v) is 10.1. The Morgan fingerprint density at radius 1 is 1.18 bits per heavy atom. The van der Waals surface area contributed by atoms with Gasteiger partial charge in [0.1, 0.15) is 6.35 Å². The minimum absolute atomic E-state index is 0.0173. The Hall–Kier alpha value is -1.95. The molecule has 2 aromatic heterocycles. The number of thioether (sulfide) groups is 2. The number of nitrogens with zero attached hydrogens (tertiary/aromatic N) is 3. The van der Waals surface area contributed by atoms with Crippen LogP contribution < -0.4 is 11.3 Å². The van der Waals surface area contributed by atoms with Crippen molar-refractivity contribution in [2.24, 2.45) is 0 Å². The Balaban J connectivity index is 1.42. The molecular formula is C20H26N5O5PS2. The van der Waals surface area contributed by atoms with Crippen LogP contribution in [0.5, 0.6) is 0 Å². The number of rotatable bonds is 14. The molecule has 10 nitrogen and oxygen atoms in total. The molecule has 1 unspecified atom stereocenters. The molecule has 3 N–H and O–H groups in total. The van der Waals surface area contributed by atoms with Crippen molar-refractivity contribution in [3.05, 3.63) is 52.6 Å². The van der Waals surface area contributed by atoms with E-state index in [4.69, 9.17) is 19.5 Å². The molecule has 0 saturated heterocycles. The average molecular weight is 512 g/mol. The van der Waals surface area contributed by atoms with Crippen LogP contribution in [-0.2, 0) is 20.3 Å². The van der Waals surface area contributed by atoms with Crippen molar-refractivity contribution in [3.63, 3.8) is 0 Å². The molecule has 0 aliphatic heterocycles. The van der Waals surface area contributed by atoms with Crippen molar-refractivity contribution in [2.45, 2.75) is 6.54 Å². The number of benzene rings is 1. The van der Waals surface area contributed by atoms with Gasteiger partial charge in [-0.15, -0.1) is 0 Å². The van der Waals surface area contributed by atoms with Crippen LogP contribution in [-0.4, -0.2) is 68.6 Å². The molecule has 0 aliphatic carbocycles. The van der Waals surface area contributed by atoms with Crippen molar-refractivity contribution in [3.8, 4) is 0 Å². The van der Waals surface area contributed by atoms with Gasteiger partial charge in [-0.2, -0.15) is 16.7 Å². The molecule has 1 atom stereocenters. The second kappa shape index (κ2) is 13.7. The van der Waals surface area contributed by atoms with Gasteiger partial charge in [-0.05, 0) is 6.26 Å². The van der Waals surface area contributed by atoms with Crippen LogP contribution in [0.1, 0.15) is 10.4 Å².